The van der Waals surface area contributed by atoms with Gasteiger partial charge in [0.1, 0.15) is 6.61 Å². The van der Waals surface area contributed by atoms with E-state index in [-0.39, 0.29) is 24.8 Å². The molecule has 0 N–H and O–H groups in total. The molecule has 194 valence electrons. The summed E-state index contributed by atoms with van der Waals surface area (Å²) in [5.74, 6) is 0. The summed E-state index contributed by atoms with van der Waals surface area (Å²) in [5.41, 5.74) is 2.98. The summed E-state index contributed by atoms with van der Waals surface area (Å²) >= 11 is 3.50. The van der Waals surface area contributed by atoms with E-state index in [1.165, 1.54) is 4.31 Å². The fraction of sp³-hybridized carbons (Fsp3) is 0.393. The normalized spacial score (nSPS) is 23.2. The van der Waals surface area contributed by atoms with E-state index in [1.54, 1.807) is 24.0 Å². The molecule has 0 saturated carbocycles. The number of halogens is 1. The van der Waals surface area contributed by atoms with Crippen LogP contribution in [0, 0.1) is 0 Å². The van der Waals surface area contributed by atoms with Crippen molar-refractivity contribution in [3.8, 4) is 0 Å². The van der Waals surface area contributed by atoms with Gasteiger partial charge < -0.3 is 4.74 Å². The second-order valence-electron chi connectivity index (χ2n) is 8.87. The van der Waals surface area contributed by atoms with E-state index in [2.05, 4.69) is 22.5 Å². The van der Waals surface area contributed by atoms with Crippen LogP contribution in [0.5, 0.6) is 0 Å². The number of nitrogens with zero attached hydrogens (tertiary/aromatic N) is 2. The summed E-state index contributed by atoms with van der Waals surface area (Å²) in [6.07, 6.45) is 20.5. The number of hydrogen-bond donors (Lipinski definition) is 0. The molecular weight excluding hydrogens is 540 g/mol. The zero-order chi connectivity index (χ0) is 26.3. The summed E-state index contributed by atoms with van der Waals surface area (Å²) in [6, 6.07) is -0.276. The Morgan fingerprint density at radius 3 is 2.61 bits per heavy atom. The standard InChI is InChI=1S/C28H35BrN2O4S/c1-5-8-10-22(6-2)23(7-3)14-13-21(4)36(33,34)30-17-15-26(16-18-30)31-27-12-9-11-25(29)19-24(27)20-35-28(31)32/h5-6,8-14,19,26-27H,2,7,15-18,20H2,1,3-4H3/b8-5-,21-13+,22-10+,23-14+. The van der Waals surface area contributed by atoms with Crippen LogP contribution in [0.25, 0.3) is 0 Å². The third-order valence-corrected chi connectivity index (χ3v) is 9.14. The molecular formula is C28H35BrN2O4S. The van der Waals surface area contributed by atoms with Crippen LogP contribution in [0.1, 0.15) is 40.0 Å². The van der Waals surface area contributed by atoms with Crippen LogP contribution in [0.2, 0.25) is 0 Å². The highest BCUT2D eigenvalue weighted by Gasteiger charge is 2.40. The molecule has 2 fully saturated rings. The maximum absolute atomic E-state index is 13.3. The molecule has 0 aromatic carbocycles. The predicted molar refractivity (Wildman–Crippen MR) is 150 cm³/mol. The van der Waals surface area contributed by atoms with Crippen LogP contribution >= 0.6 is 15.9 Å². The Morgan fingerprint density at radius 1 is 1.25 bits per heavy atom. The summed E-state index contributed by atoms with van der Waals surface area (Å²) in [4.78, 5) is 14.8. The van der Waals surface area contributed by atoms with Gasteiger partial charge in [0, 0.05) is 23.6 Å². The van der Waals surface area contributed by atoms with Crippen molar-refractivity contribution in [1.82, 2.24) is 9.21 Å². The molecule has 1 aliphatic carbocycles. The summed E-state index contributed by atoms with van der Waals surface area (Å²) < 4.78 is 34.5. The maximum atomic E-state index is 13.3. The Labute approximate surface area is 223 Å². The van der Waals surface area contributed by atoms with Gasteiger partial charge in [-0.2, -0.15) is 4.31 Å². The lowest BCUT2D eigenvalue weighted by atomic mass is 9.98. The van der Waals surface area contributed by atoms with E-state index >= 15 is 0 Å². The molecule has 0 aromatic heterocycles. The van der Waals surface area contributed by atoms with Crippen LogP contribution in [0.15, 0.2) is 93.4 Å². The Balaban J connectivity index is 1.73. The fourth-order valence-electron chi connectivity index (χ4n) is 4.59. The lowest BCUT2D eigenvalue weighted by molar-refractivity contribution is 0.0496. The molecule has 0 spiro atoms. The molecule has 0 bridgehead atoms. The molecule has 1 atom stereocenters. The number of ether oxygens (including phenoxy) is 1. The van der Waals surface area contributed by atoms with Crippen molar-refractivity contribution in [2.45, 2.75) is 52.1 Å². The molecule has 1 unspecified atom stereocenters. The van der Waals surface area contributed by atoms with Gasteiger partial charge in [0.05, 0.1) is 10.9 Å². The third kappa shape index (κ3) is 6.47. The van der Waals surface area contributed by atoms with E-state index in [9.17, 15) is 13.2 Å². The first-order valence-corrected chi connectivity index (χ1v) is 14.5. The maximum Gasteiger partial charge on any atom is 0.411 e. The molecule has 0 radical (unpaired) electrons. The van der Waals surface area contributed by atoms with Crippen LogP contribution in [-0.2, 0) is 14.8 Å². The molecule has 1 amide bonds. The van der Waals surface area contributed by atoms with Gasteiger partial charge in [0.25, 0.3) is 0 Å². The molecule has 0 aromatic rings. The zero-order valence-electron chi connectivity index (χ0n) is 21.2. The number of carbonyl (C=O) groups excluding carboxylic acids is 1. The van der Waals surface area contributed by atoms with Gasteiger partial charge in [-0.15, -0.1) is 0 Å². The van der Waals surface area contributed by atoms with E-state index < -0.39 is 10.0 Å². The highest BCUT2D eigenvalue weighted by atomic mass is 79.9. The van der Waals surface area contributed by atoms with E-state index in [0.717, 1.165) is 27.6 Å². The largest absolute Gasteiger partial charge is 0.445 e. The number of piperidine rings is 1. The minimum Gasteiger partial charge on any atom is -0.445 e. The average molecular weight is 576 g/mol. The van der Waals surface area contributed by atoms with Crippen LogP contribution in [-0.4, -0.2) is 55.5 Å². The van der Waals surface area contributed by atoms with E-state index in [4.69, 9.17) is 4.74 Å². The van der Waals surface area contributed by atoms with Gasteiger partial charge >= 0.3 is 6.09 Å². The van der Waals surface area contributed by atoms with Crippen molar-refractivity contribution in [3.63, 3.8) is 0 Å². The number of hydrogen-bond acceptors (Lipinski definition) is 4. The highest BCUT2D eigenvalue weighted by molar-refractivity contribution is 9.11. The van der Waals surface area contributed by atoms with Crippen molar-refractivity contribution in [3.05, 3.63) is 93.4 Å². The van der Waals surface area contributed by atoms with Gasteiger partial charge in [-0.1, -0.05) is 72.0 Å². The topological polar surface area (TPSA) is 66.9 Å². The number of fused-ring (bicyclic) bond motifs is 1. The first-order chi connectivity index (χ1) is 17.2. The number of rotatable bonds is 8. The number of cyclic esters (lactones) is 1. The van der Waals surface area contributed by atoms with Crippen LogP contribution in [0.4, 0.5) is 4.79 Å². The quantitative estimate of drug-likeness (QED) is 0.319. The molecule has 2 heterocycles. The summed E-state index contributed by atoms with van der Waals surface area (Å²) in [5, 5.41) is 0. The van der Waals surface area contributed by atoms with Crippen molar-refractivity contribution >= 4 is 32.0 Å². The van der Waals surface area contributed by atoms with E-state index in [0.29, 0.717) is 30.8 Å². The smallest absolute Gasteiger partial charge is 0.411 e. The second kappa shape index (κ2) is 12.7. The van der Waals surface area contributed by atoms with Gasteiger partial charge in [0.15, 0.2) is 0 Å². The minimum absolute atomic E-state index is 0.0954. The number of sulfonamides is 1. The van der Waals surface area contributed by atoms with Gasteiger partial charge in [-0.05, 0) is 68.1 Å². The summed E-state index contributed by atoms with van der Waals surface area (Å²) in [7, 11) is -3.60. The van der Waals surface area contributed by atoms with Gasteiger partial charge in [-0.3, -0.25) is 4.90 Å². The Kier molecular flexibility index (Phi) is 9.93. The Hall–Kier alpha value is -2.42. The molecule has 36 heavy (non-hydrogen) atoms. The molecule has 8 heteroatoms. The highest BCUT2D eigenvalue weighted by Crippen LogP contribution is 2.31. The van der Waals surface area contributed by atoms with Crippen molar-refractivity contribution in [1.29, 1.82) is 0 Å². The van der Waals surface area contributed by atoms with E-state index in [1.807, 2.05) is 62.5 Å². The first-order valence-electron chi connectivity index (χ1n) is 12.3. The molecule has 6 nitrogen and oxygen atoms in total. The van der Waals surface area contributed by atoms with Crippen LogP contribution < -0.4 is 0 Å². The lowest BCUT2D eigenvalue weighted by Gasteiger charge is -2.43. The Morgan fingerprint density at radius 2 is 1.97 bits per heavy atom. The average Bonchev–Trinajstić information content (AvgIpc) is 3.06. The van der Waals surface area contributed by atoms with Gasteiger partial charge in [-0.25, -0.2) is 13.2 Å². The lowest BCUT2D eigenvalue weighted by Crippen LogP contribution is -2.55. The van der Waals surface area contributed by atoms with Gasteiger partial charge in [0.2, 0.25) is 10.0 Å². The number of allylic oxidation sites excluding steroid dienone is 13. The Bertz CT molecular complexity index is 1180. The SMILES string of the molecule is C=CC(=C\C=C/C)/C(=C/C=C(\C)S(=O)(=O)N1CCC(N2C(=O)OCC3=CC(Br)=CC=CC32)CC1)CC. The minimum atomic E-state index is -3.60. The monoisotopic (exact) mass is 574 g/mol. The molecule has 3 aliphatic rings. The number of carbonyl (C=O) groups is 1. The van der Waals surface area contributed by atoms with Crippen LogP contribution in [0.3, 0.4) is 0 Å². The predicted octanol–water partition coefficient (Wildman–Crippen LogP) is 6.31. The number of amides is 1. The second-order valence-corrected chi connectivity index (χ2v) is 11.9. The third-order valence-electron chi connectivity index (χ3n) is 6.65. The first kappa shape index (κ1) is 28.2. The molecule has 2 aliphatic heterocycles. The van der Waals surface area contributed by atoms with Crippen molar-refractivity contribution in [2.75, 3.05) is 19.7 Å². The molecule has 3 rings (SSSR count). The fourth-order valence-corrected chi connectivity index (χ4v) is 6.37. The zero-order valence-corrected chi connectivity index (χ0v) is 23.6. The van der Waals surface area contributed by atoms with Crippen molar-refractivity contribution in [2.24, 2.45) is 0 Å². The molecule has 2 saturated heterocycles. The summed E-state index contributed by atoms with van der Waals surface area (Å²) in [6.45, 7) is 10.4. The van der Waals surface area contributed by atoms with Crippen molar-refractivity contribution < 1.29 is 17.9 Å².